The van der Waals surface area contributed by atoms with Crippen molar-refractivity contribution in [2.45, 2.75) is 43.9 Å². The molecule has 0 saturated carbocycles. The van der Waals surface area contributed by atoms with Gasteiger partial charge >= 0.3 is 6.03 Å². The molecular formula is C17H22ClN3O2S. The summed E-state index contributed by atoms with van der Waals surface area (Å²) in [5.74, 6) is 0.710. The van der Waals surface area contributed by atoms with Crippen LogP contribution in [0.25, 0.3) is 0 Å². The first kappa shape index (κ1) is 18.8. The number of thioether (sulfide) groups is 1. The van der Waals surface area contributed by atoms with Crippen LogP contribution in [0.15, 0.2) is 18.2 Å². The van der Waals surface area contributed by atoms with Crippen LogP contribution in [-0.4, -0.2) is 34.2 Å². The molecule has 1 saturated heterocycles. The van der Waals surface area contributed by atoms with Gasteiger partial charge in [-0.1, -0.05) is 25.4 Å². The zero-order valence-electron chi connectivity index (χ0n) is 14.5. The van der Waals surface area contributed by atoms with Gasteiger partial charge in [0, 0.05) is 15.8 Å². The Labute approximate surface area is 152 Å². The maximum Gasteiger partial charge on any atom is 0.323 e. The lowest BCUT2D eigenvalue weighted by Crippen LogP contribution is -2.48. The minimum absolute atomic E-state index is 0.0667. The zero-order valence-corrected chi connectivity index (χ0v) is 16.0. The Morgan fingerprint density at radius 3 is 2.71 bits per heavy atom. The fourth-order valence-electron chi connectivity index (χ4n) is 2.77. The van der Waals surface area contributed by atoms with Gasteiger partial charge < -0.3 is 10.1 Å². The van der Waals surface area contributed by atoms with Crippen molar-refractivity contribution in [1.82, 2.24) is 4.90 Å². The van der Waals surface area contributed by atoms with Crippen molar-refractivity contribution in [2.24, 2.45) is 5.92 Å². The highest BCUT2D eigenvalue weighted by Crippen LogP contribution is 2.47. The summed E-state index contributed by atoms with van der Waals surface area (Å²) in [6.07, 6.45) is 0. The molecule has 7 heteroatoms. The number of halogens is 1. The van der Waals surface area contributed by atoms with E-state index in [1.807, 2.05) is 13.8 Å². The molecule has 0 aliphatic carbocycles. The number of hydrogen-bond donors (Lipinski definition) is 1. The van der Waals surface area contributed by atoms with Gasteiger partial charge in [0.1, 0.15) is 11.8 Å². The number of nitriles is 1. The highest BCUT2D eigenvalue weighted by atomic mass is 35.5. The third-order valence-electron chi connectivity index (χ3n) is 3.97. The molecule has 1 aromatic rings. The second-order valence-electron chi connectivity index (χ2n) is 6.57. The second kappa shape index (κ2) is 7.12. The summed E-state index contributed by atoms with van der Waals surface area (Å²) < 4.78 is 4.94. The van der Waals surface area contributed by atoms with Crippen LogP contribution in [0, 0.1) is 17.2 Å². The average Bonchev–Trinajstić information content (AvgIpc) is 2.79. The molecule has 2 rings (SSSR count). The number of urea groups is 1. The molecule has 0 aromatic heterocycles. The standard InChI is InChI=1S/C17H22ClN3O2S/c1-10(2)15-21(14(9-19)17(3,4)24-15)16(22)20-12-7-6-11(18)8-13(12)23-5/h6-8,10,14-15H,1-5H3,(H,20,22). The molecule has 2 atom stereocenters. The highest BCUT2D eigenvalue weighted by Gasteiger charge is 2.50. The van der Waals surface area contributed by atoms with Crippen LogP contribution >= 0.6 is 23.4 Å². The zero-order chi connectivity index (χ0) is 18.1. The molecule has 130 valence electrons. The average molecular weight is 368 g/mol. The Balaban J connectivity index is 2.31. The molecule has 1 fully saturated rings. The van der Waals surface area contributed by atoms with Gasteiger partial charge in [-0.05, 0) is 31.9 Å². The molecule has 2 unspecified atom stereocenters. The Bertz CT molecular complexity index is 672. The van der Waals surface area contributed by atoms with E-state index in [-0.39, 0.29) is 22.1 Å². The van der Waals surface area contributed by atoms with Gasteiger partial charge in [0.25, 0.3) is 0 Å². The number of methoxy groups -OCH3 is 1. The summed E-state index contributed by atoms with van der Waals surface area (Å²) in [6, 6.07) is 6.49. The van der Waals surface area contributed by atoms with Gasteiger partial charge in [-0.15, -0.1) is 11.8 Å². The Morgan fingerprint density at radius 2 is 2.17 bits per heavy atom. The highest BCUT2D eigenvalue weighted by molar-refractivity contribution is 8.01. The largest absolute Gasteiger partial charge is 0.495 e. The molecule has 1 heterocycles. The number of carbonyl (C=O) groups excluding carboxylic acids is 1. The van der Waals surface area contributed by atoms with Crippen molar-refractivity contribution in [1.29, 1.82) is 5.26 Å². The number of rotatable bonds is 3. The van der Waals surface area contributed by atoms with E-state index in [1.165, 1.54) is 7.11 Å². The number of benzene rings is 1. The van der Waals surface area contributed by atoms with Crippen LogP contribution in [0.1, 0.15) is 27.7 Å². The number of amides is 2. The molecule has 1 aliphatic heterocycles. The minimum Gasteiger partial charge on any atom is -0.495 e. The van der Waals surface area contributed by atoms with E-state index in [1.54, 1.807) is 34.9 Å². The smallest absolute Gasteiger partial charge is 0.323 e. The van der Waals surface area contributed by atoms with Gasteiger partial charge in [0.15, 0.2) is 0 Å². The summed E-state index contributed by atoms with van der Waals surface area (Å²) in [4.78, 5) is 14.5. The lowest BCUT2D eigenvalue weighted by Gasteiger charge is -2.30. The quantitative estimate of drug-likeness (QED) is 0.848. The SMILES string of the molecule is COc1cc(Cl)ccc1NC(=O)N1C(C(C)C)SC(C)(C)C1C#N. The summed E-state index contributed by atoms with van der Waals surface area (Å²) in [5, 5.41) is 12.9. The van der Waals surface area contributed by atoms with E-state index in [4.69, 9.17) is 16.3 Å². The van der Waals surface area contributed by atoms with Gasteiger partial charge in [-0.2, -0.15) is 5.26 Å². The summed E-state index contributed by atoms with van der Waals surface area (Å²) >= 11 is 7.62. The topological polar surface area (TPSA) is 65.4 Å². The lowest BCUT2D eigenvalue weighted by atomic mass is 10.0. The fourth-order valence-corrected chi connectivity index (χ4v) is 4.45. The lowest BCUT2D eigenvalue weighted by molar-refractivity contribution is 0.184. The Hall–Kier alpha value is -1.58. The Morgan fingerprint density at radius 1 is 1.50 bits per heavy atom. The van der Waals surface area contributed by atoms with E-state index < -0.39 is 6.04 Å². The molecule has 0 spiro atoms. The van der Waals surface area contributed by atoms with Crippen molar-refractivity contribution in [3.8, 4) is 11.8 Å². The molecule has 5 nitrogen and oxygen atoms in total. The summed E-state index contributed by atoms with van der Waals surface area (Å²) in [6.45, 7) is 8.10. The Kier molecular flexibility index (Phi) is 5.56. The first-order chi connectivity index (χ1) is 11.2. The van der Waals surface area contributed by atoms with E-state index in [0.717, 1.165) is 0 Å². The van der Waals surface area contributed by atoms with Crippen molar-refractivity contribution in [2.75, 3.05) is 12.4 Å². The fraction of sp³-hybridized carbons (Fsp3) is 0.529. The first-order valence-corrected chi connectivity index (χ1v) is 8.97. The van der Waals surface area contributed by atoms with Gasteiger partial charge in [-0.3, -0.25) is 4.90 Å². The van der Waals surface area contributed by atoms with E-state index in [0.29, 0.717) is 16.5 Å². The first-order valence-electron chi connectivity index (χ1n) is 7.71. The normalized spacial score (nSPS) is 22.3. The van der Waals surface area contributed by atoms with Crippen molar-refractivity contribution in [3.05, 3.63) is 23.2 Å². The third kappa shape index (κ3) is 3.57. The molecule has 1 aromatic carbocycles. The van der Waals surface area contributed by atoms with Gasteiger partial charge in [0.2, 0.25) is 0 Å². The van der Waals surface area contributed by atoms with Crippen LogP contribution < -0.4 is 10.1 Å². The number of hydrogen-bond acceptors (Lipinski definition) is 4. The van der Waals surface area contributed by atoms with E-state index >= 15 is 0 Å². The maximum atomic E-state index is 12.9. The molecule has 0 radical (unpaired) electrons. The van der Waals surface area contributed by atoms with Crippen molar-refractivity contribution in [3.63, 3.8) is 0 Å². The predicted octanol–water partition coefficient (Wildman–Crippen LogP) is 4.58. The molecule has 1 aliphatic rings. The number of anilines is 1. The molecular weight excluding hydrogens is 346 g/mol. The van der Waals surface area contributed by atoms with Crippen LogP contribution in [0.5, 0.6) is 5.75 Å². The van der Waals surface area contributed by atoms with E-state index in [2.05, 4.69) is 25.2 Å². The van der Waals surface area contributed by atoms with Crippen LogP contribution in [0.4, 0.5) is 10.5 Å². The maximum absolute atomic E-state index is 12.9. The predicted molar refractivity (Wildman–Crippen MR) is 98.6 cm³/mol. The minimum atomic E-state index is -0.506. The van der Waals surface area contributed by atoms with E-state index in [9.17, 15) is 10.1 Å². The van der Waals surface area contributed by atoms with Gasteiger partial charge in [0.05, 0.1) is 24.2 Å². The van der Waals surface area contributed by atoms with Crippen LogP contribution in [0.2, 0.25) is 5.02 Å². The van der Waals surface area contributed by atoms with Crippen molar-refractivity contribution < 1.29 is 9.53 Å². The molecule has 0 bridgehead atoms. The summed E-state index contributed by atoms with van der Waals surface area (Å²) in [7, 11) is 1.52. The molecule has 2 amide bonds. The molecule has 1 N–H and O–H groups in total. The number of nitrogens with zero attached hydrogens (tertiary/aromatic N) is 2. The number of carbonyl (C=O) groups is 1. The third-order valence-corrected chi connectivity index (χ3v) is 6.05. The summed E-state index contributed by atoms with van der Waals surface area (Å²) in [5.41, 5.74) is 0.529. The number of ether oxygens (including phenoxy) is 1. The number of nitrogens with one attached hydrogen (secondary N) is 1. The monoisotopic (exact) mass is 367 g/mol. The second-order valence-corrected chi connectivity index (χ2v) is 8.78. The van der Waals surface area contributed by atoms with Crippen molar-refractivity contribution >= 4 is 35.1 Å². The van der Waals surface area contributed by atoms with Gasteiger partial charge in [-0.25, -0.2) is 4.79 Å². The van der Waals surface area contributed by atoms with Crippen LogP contribution in [-0.2, 0) is 0 Å². The van der Waals surface area contributed by atoms with Crippen LogP contribution in [0.3, 0.4) is 0 Å². The molecule has 24 heavy (non-hydrogen) atoms.